The molecular weight excluding hydrogens is 393 g/mol. The Morgan fingerprint density at radius 1 is 1.33 bits per heavy atom. The number of rotatable bonds is 5. The summed E-state index contributed by atoms with van der Waals surface area (Å²) in [6.07, 6.45) is 2.13. The van der Waals surface area contributed by atoms with Gasteiger partial charge in [0.05, 0.1) is 10.7 Å². The van der Waals surface area contributed by atoms with E-state index in [1.807, 2.05) is 0 Å². The molecule has 0 spiro atoms. The molecule has 1 aliphatic rings. The molecule has 0 saturated heterocycles. The molecule has 0 bridgehead atoms. The lowest BCUT2D eigenvalue weighted by Gasteiger charge is -2.13. The summed E-state index contributed by atoms with van der Waals surface area (Å²) in [5, 5.41) is 4.96. The van der Waals surface area contributed by atoms with Gasteiger partial charge in [-0.25, -0.2) is 5.43 Å². The van der Waals surface area contributed by atoms with Crippen molar-refractivity contribution < 1.29 is 18.7 Å². The lowest BCUT2D eigenvalue weighted by Crippen LogP contribution is -2.27. The Kier molecular flexibility index (Phi) is 5.72. The number of hydrazone groups is 1. The van der Waals surface area contributed by atoms with Crippen molar-refractivity contribution in [1.29, 1.82) is 0 Å². The minimum absolute atomic E-state index is 0.127. The molecule has 3 rings (SSSR count). The van der Waals surface area contributed by atoms with Gasteiger partial charge in [0.1, 0.15) is 11.5 Å². The van der Waals surface area contributed by atoms with Gasteiger partial charge in [-0.05, 0) is 38.0 Å². The van der Waals surface area contributed by atoms with Gasteiger partial charge in [0.2, 0.25) is 0 Å². The van der Waals surface area contributed by atoms with Crippen molar-refractivity contribution in [3.63, 3.8) is 0 Å². The molecule has 9 heteroatoms. The number of fused-ring (bicyclic) bond motifs is 1. The van der Waals surface area contributed by atoms with Crippen molar-refractivity contribution in [2.45, 2.75) is 26.2 Å². The predicted molar refractivity (Wildman–Crippen MR) is 102 cm³/mol. The number of aryl methyl sites for hydroxylation is 1. The number of primary amides is 1. The summed E-state index contributed by atoms with van der Waals surface area (Å²) in [5.74, 6) is 0.0578. The van der Waals surface area contributed by atoms with Crippen molar-refractivity contribution in [2.75, 3.05) is 6.61 Å². The van der Waals surface area contributed by atoms with E-state index in [-0.39, 0.29) is 12.4 Å². The monoisotopic (exact) mass is 409 g/mol. The number of hydrogen-bond acceptors (Lipinski definition) is 5. The Labute approximate surface area is 165 Å². The summed E-state index contributed by atoms with van der Waals surface area (Å²) in [7, 11) is 0. The Morgan fingerprint density at radius 2 is 2.11 bits per heavy atom. The van der Waals surface area contributed by atoms with Gasteiger partial charge >= 0.3 is 0 Å². The number of amides is 2. The number of halogens is 2. The predicted octanol–water partition coefficient (Wildman–Crippen LogP) is 3.23. The normalized spacial score (nSPS) is 14.7. The van der Waals surface area contributed by atoms with Crippen molar-refractivity contribution >= 4 is 40.7 Å². The summed E-state index contributed by atoms with van der Waals surface area (Å²) in [6, 6.07) is 4.72. The maximum Gasteiger partial charge on any atom is 0.284 e. The molecule has 0 fully saturated rings. The highest BCUT2D eigenvalue weighted by Crippen LogP contribution is 2.30. The van der Waals surface area contributed by atoms with E-state index in [0.29, 0.717) is 45.7 Å². The number of nitrogens with zero attached hydrogens (tertiary/aromatic N) is 1. The lowest BCUT2D eigenvalue weighted by atomic mass is 9.93. The van der Waals surface area contributed by atoms with Gasteiger partial charge in [0.15, 0.2) is 12.4 Å². The van der Waals surface area contributed by atoms with Crippen LogP contribution in [0, 0.1) is 6.92 Å². The van der Waals surface area contributed by atoms with E-state index in [4.69, 9.17) is 38.1 Å². The molecule has 3 N–H and O–H groups in total. The van der Waals surface area contributed by atoms with Gasteiger partial charge in [-0.3, -0.25) is 9.59 Å². The van der Waals surface area contributed by atoms with Crippen LogP contribution in [0.3, 0.4) is 0 Å². The van der Waals surface area contributed by atoms with Gasteiger partial charge in [0.25, 0.3) is 11.8 Å². The Morgan fingerprint density at radius 3 is 2.81 bits per heavy atom. The molecule has 0 radical (unpaired) electrons. The SMILES string of the molecule is Cc1c(C(N)=O)oc2c1/C(=N/NC(=O)COc1ccc(Cl)cc1Cl)CCC2. The Balaban J connectivity index is 1.68. The topological polar surface area (TPSA) is 107 Å². The number of nitrogens with one attached hydrogen (secondary N) is 1. The number of carbonyl (C=O) groups is 2. The van der Waals surface area contributed by atoms with E-state index < -0.39 is 11.8 Å². The third-order valence-corrected chi connectivity index (χ3v) is 4.65. The molecule has 142 valence electrons. The first kappa shape index (κ1) is 19.3. The smallest absolute Gasteiger partial charge is 0.284 e. The summed E-state index contributed by atoms with van der Waals surface area (Å²) in [5.41, 5.74) is 9.80. The molecule has 27 heavy (non-hydrogen) atoms. The molecule has 7 nitrogen and oxygen atoms in total. The van der Waals surface area contributed by atoms with Gasteiger partial charge < -0.3 is 14.9 Å². The second-order valence-electron chi connectivity index (χ2n) is 6.03. The molecule has 0 aliphatic heterocycles. The first-order valence-electron chi connectivity index (χ1n) is 8.22. The van der Waals surface area contributed by atoms with E-state index in [0.717, 1.165) is 12.0 Å². The quantitative estimate of drug-likeness (QED) is 0.738. The van der Waals surface area contributed by atoms with Crippen molar-refractivity contribution in [2.24, 2.45) is 10.8 Å². The fourth-order valence-corrected chi connectivity index (χ4v) is 3.38. The molecular formula is C18H17Cl2N3O4. The highest BCUT2D eigenvalue weighted by atomic mass is 35.5. The van der Waals surface area contributed by atoms with E-state index in [9.17, 15) is 9.59 Å². The third kappa shape index (κ3) is 4.26. The van der Waals surface area contributed by atoms with Crippen LogP contribution in [-0.4, -0.2) is 24.1 Å². The summed E-state index contributed by atoms with van der Waals surface area (Å²) in [4.78, 5) is 23.5. The van der Waals surface area contributed by atoms with Crippen molar-refractivity contribution in [3.8, 4) is 5.75 Å². The van der Waals surface area contributed by atoms with Gasteiger partial charge in [0, 0.05) is 22.6 Å². The first-order chi connectivity index (χ1) is 12.9. The molecule has 0 saturated carbocycles. The Hall–Kier alpha value is -2.51. The van der Waals surface area contributed by atoms with Crippen LogP contribution in [0.4, 0.5) is 0 Å². The average molecular weight is 410 g/mol. The van der Waals surface area contributed by atoms with Gasteiger partial charge in [-0.2, -0.15) is 5.10 Å². The van der Waals surface area contributed by atoms with Crippen LogP contribution < -0.4 is 15.9 Å². The zero-order chi connectivity index (χ0) is 19.6. The number of ether oxygens (including phenoxy) is 1. The van der Waals surface area contributed by atoms with Crippen LogP contribution in [0.15, 0.2) is 27.7 Å². The van der Waals surface area contributed by atoms with Crippen LogP contribution >= 0.6 is 23.2 Å². The molecule has 0 atom stereocenters. The molecule has 2 aromatic rings. The lowest BCUT2D eigenvalue weighted by molar-refractivity contribution is -0.123. The summed E-state index contributed by atoms with van der Waals surface area (Å²) < 4.78 is 10.9. The summed E-state index contributed by atoms with van der Waals surface area (Å²) in [6.45, 7) is 1.48. The second kappa shape index (κ2) is 8.02. The van der Waals surface area contributed by atoms with Crippen molar-refractivity contribution in [3.05, 3.63) is 50.9 Å². The number of nitrogens with two attached hydrogens (primary N) is 1. The second-order valence-corrected chi connectivity index (χ2v) is 6.87. The fourth-order valence-electron chi connectivity index (χ4n) is 2.91. The van der Waals surface area contributed by atoms with Crippen LogP contribution in [0.5, 0.6) is 5.75 Å². The standard InChI is InChI=1S/C18H17Cl2N3O4/c1-9-16-12(3-2-4-14(16)27-17(9)18(21)25)22-23-15(24)8-26-13-6-5-10(19)7-11(13)20/h5-7H,2-4,8H2,1H3,(H2,21,25)(H,23,24)/b22-12+. The third-order valence-electron chi connectivity index (χ3n) is 4.12. The zero-order valence-electron chi connectivity index (χ0n) is 14.5. The van der Waals surface area contributed by atoms with Crippen LogP contribution in [0.2, 0.25) is 10.0 Å². The first-order valence-corrected chi connectivity index (χ1v) is 8.98. The molecule has 2 amide bonds. The minimum atomic E-state index is -0.626. The van der Waals surface area contributed by atoms with Crippen LogP contribution in [0.25, 0.3) is 0 Å². The van der Waals surface area contributed by atoms with E-state index in [1.54, 1.807) is 19.1 Å². The van der Waals surface area contributed by atoms with Crippen molar-refractivity contribution in [1.82, 2.24) is 5.43 Å². The molecule has 0 unspecified atom stereocenters. The average Bonchev–Trinajstić information content (AvgIpc) is 2.97. The van der Waals surface area contributed by atoms with Gasteiger partial charge in [-0.1, -0.05) is 23.2 Å². The number of carbonyl (C=O) groups excluding carboxylic acids is 2. The van der Waals surface area contributed by atoms with Crippen LogP contribution in [0.1, 0.15) is 40.3 Å². The van der Waals surface area contributed by atoms with Gasteiger partial charge in [-0.15, -0.1) is 0 Å². The number of benzene rings is 1. The Bertz CT molecular complexity index is 937. The van der Waals surface area contributed by atoms with Crippen LogP contribution in [-0.2, 0) is 11.2 Å². The maximum absolute atomic E-state index is 12.0. The number of furan rings is 1. The minimum Gasteiger partial charge on any atom is -0.482 e. The fraction of sp³-hybridized carbons (Fsp3) is 0.278. The summed E-state index contributed by atoms with van der Waals surface area (Å²) >= 11 is 11.8. The maximum atomic E-state index is 12.0. The highest BCUT2D eigenvalue weighted by Gasteiger charge is 2.27. The van der Waals surface area contributed by atoms with E-state index in [2.05, 4.69) is 10.5 Å². The molecule has 1 heterocycles. The molecule has 1 aromatic heterocycles. The largest absolute Gasteiger partial charge is 0.482 e. The molecule has 1 aromatic carbocycles. The van der Waals surface area contributed by atoms with E-state index in [1.165, 1.54) is 6.07 Å². The number of hydrogen-bond donors (Lipinski definition) is 2. The highest BCUT2D eigenvalue weighted by molar-refractivity contribution is 6.35. The van der Waals surface area contributed by atoms with E-state index >= 15 is 0 Å². The zero-order valence-corrected chi connectivity index (χ0v) is 16.0. The molecule has 1 aliphatic carbocycles.